The third kappa shape index (κ3) is 2.23. The second-order valence-corrected chi connectivity index (χ2v) is 6.31. The first-order valence-electron chi connectivity index (χ1n) is 7.72. The summed E-state index contributed by atoms with van der Waals surface area (Å²) in [6.45, 7) is 4.34. The van der Waals surface area contributed by atoms with E-state index in [9.17, 15) is 0 Å². The van der Waals surface area contributed by atoms with E-state index < -0.39 is 0 Å². The number of fused-ring (bicyclic) bond motifs is 1. The summed E-state index contributed by atoms with van der Waals surface area (Å²) in [5, 5.41) is 3.55. The van der Waals surface area contributed by atoms with E-state index >= 15 is 0 Å². The maximum absolute atomic E-state index is 5.83. The first-order chi connectivity index (χ1) is 10.3. The molecule has 2 aliphatic heterocycles. The average molecular weight is 287 g/mol. The van der Waals surface area contributed by atoms with Crippen molar-refractivity contribution < 1.29 is 4.42 Å². The SMILES string of the molecule is Nc1nc(N2CCC3(CCCNC3)CC2)c2occc2n1. The van der Waals surface area contributed by atoms with Crippen molar-refractivity contribution in [2.24, 2.45) is 5.41 Å². The fourth-order valence-corrected chi connectivity index (χ4v) is 3.73. The molecule has 0 aromatic carbocycles. The highest BCUT2D eigenvalue weighted by atomic mass is 16.3. The van der Waals surface area contributed by atoms with Gasteiger partial charge in [-0.3, -0.25) is 0 Å². The summed E-state index contributed by atoms with van der Waals surface area (Å²) in [4.78, 5) is 10.9. The molecule has 0 aliphatic carbocycles. The van der Waals surface area contributed by atoms with Crippen LogP contribution in [0.25, 0.3) is 11.1 Å². The van der Waals surface area contributed by atoms with E-state index in [2.05, 4.69) is 20.2 Å². The van der Waals surface area contributed by atoms with E-state index in [-0.39, 0.29) is 0 Å². The van der Waals surface area contributed by atoms with Gasteiger partial charge in [0, 0.05) is 25.7 Å². The highest BCUT2D eigenvalue weighted by Gasteiger charge is 2.36. The number of nitrogen functional groups attached to an aromatic ring is 1. The quantitative estimate of drug-likeness (QED) is 0.832. The van der Waals surface area contributed by atoms with Crippen molar-refractivity contribution in [1.82, 2.24) is 15.3 Å². The molecular weight excluding hydrogens is 266 g/mol. The molecule has 0 radical (unpaired) electrons. The molecule has 4 rings (SSSR count). The molecule has 0 unspecified atom stereocenters. The summed E-state index contributed by atoms with van der Waals surface area (Å²) in [5.74, 6) is 1.17. The van der Waals surface area contributed by atoms with Crippen LogP contribution in [0.1, 0.15) is 25.7 Å². The Bertz CT molecular complexity index is 637. The Morgan fingerprint density at radius 3 is 2.86 bits per heavy atom. The summed E-state index contributed by atoms with van der Waals surface area (Å²) in [6.07, 6.45) is 6.69. The number of hydrogen-bond acceptors (Lipinski definition) is 6. The number of furan rings is 1. The predicted molar refractivity (Wildman–Crippen MR) is 82.2 cm³/mol. The minimum atomic E-state index is 0.318. The van der Waals surface area contributed by atoms with Gasteiger partial charge >= 0.3 is 0 Å². The predicted octanol–water partition coefficient (Wildman–Crippen LogP) is 1.77. The van der Waals surface area contributed by atoms with Gasteiger partial charge in [-0.25, -0.2) is 4.98 Å². The van der Waals surface area contributed by atoms with Crippen LogP contribution in [0.5, 0.6) is 0 Å². The van der Waals surface area contributed by atoms with Crippen molar-refractivity contribution in [1.29, 1.82) is 0 Å². The Morgan fingerprint density at radius 1 is 1.24 bits per heavy atom. The summed E-state index contributed by atoms with van der Waals surface area (Å²) in [6, 6.07) is 1.84. The summed E-state index contributed by atoms with van der Waals surface area (Å²) < 4.78 is 5.56. The monoisotopic (exact) mass is 287 g/mol. The van der Waals surface area contributed by atoms with Gasteiger partial charge in [-0.05, 0) is 37.6 Å². The minimum absolute atomic E-state index is 0.318. The smallest absolute Gasteiger partial charge is 0.222 e. The number of aromatic nitrogens is 2. The van der Waals surface area contributed by atoms with Crippen molar-refractivity contribution in [3.05, 3.63) is 12.3 Å². The highest BCUT2D eigenvalue weighted by molar-refractivity contribution is 5.85. The molecule has 2 aromatic rings. The Balaban J connectivity index is 1.58. The van der Waals surface area contributed by atoms with Gasteiger partial charge in [-0.1, -0.05) is 0 Å². The molecule has 4 heterocycles. The zero-order valence-corrected chi connectivity index (χ0v) is 12.1. The fraction of sp³-hybridized carbons (Fsp3) is 0.600. The van der Waals surface area contributed by atoms with E-state index in [0.717, 1.165) is 36.6 Å². The Kier molecular flexibility index (Phi) is 2.99. The van der Waals surface area contributed by atoms with Crippen molar-refractivity contribution in [2.75, 3.05) is 36.8 Å². The molecule has 6 nitrogen and oxygen atoms in total. The van der Waals surface area contributed by atoms with Gasteiger partial charge in [0.25, 0.3) is 0 Å². The summed E-state index contributed by atoms with van der Waals surface area (Å²) >= 11 is 0. The van der Waals surface area contributed by atoms with Gasteiger partial charge in [0.1, 0.15) is 5.52 Å². The number of anilines is 2. The molecule has 3 N–H and O–H groups in total. The van der Waals surface area contributed by atoms with Crippen LogP contribution in [0, 0.1) is 5.41 Å². The van der Waals surface area contributed by atoms with Crippen LogP contribution in [-0.2, 0) is 0 Å². The van der Waals surface area contributed by atoms with E-state index in [1.165, 1.54) is 32.2 Å². The van der Waals surface area contributed by atoms with Crippen LogP contribution in [-0.4, -0.2) is 36.1 Å². The number of hydrogen-bond donors (Lipinski definition) is 2. The molecule has 0 bridgehead atoms. The lowest BCUT2D eigenvalue weighted by molar-refractivity contribution is 0.161. The Labute approximate surface area is 123 Å². The van der Waals surface area contributed by atoms with E-state index in [1.807, 2.05) is 6.07 Å². The molecule has 6 heteroatoms. The first kappa shape index (κ1) is 12.9. The normalized spacial score (nSPS) is 22.0. The zero-order valence-electron chi connectivity index (χ0n) is 12.1. The lowest BCUT2D eigenvalue weighted by Gasteiger charge is -2.44. The van der Waals surface area contributed by atoms with Gasteiger partial charge in [-0.15, -0.1) is 0 Å². The van der Waals surface area contributed by atoms with Gasteiger partial charge in [-0.2, -0.15) is 4.98 Å². The molecule has 112 valence electrons. The molecule has 21 heavy (non-hydrogen) atoms. The largest absolute Gasteiger partial charge is 0.459 e. The Hall–Kier alpha value is -1.82. The van der Waals surface area contributed by atoms with Gasteiger partial charge in [0.2, 0.25) is 5.95 Å². The number of nitrogens with one attached hydrogen (secondary N) is 1. The van der Waals surface area contributed by atoms with Crippen molar-refractivity contribution in [2.45, 2.75) is 25.7 Å². The van der Waals surface area contributed by atoms with Crippen molar-refractivity contribution in [3.8, 4) is 0 Å². The highest BCUT2D eigenvalue weighted by Crippen LogP contribution is 2.39. The second-order valence-electron chi connectivity index (χ2n) is 6.31. The number of rotatable bonds is 1. The zero-order chi connectivity index (χ0) is 14.3. The van der Waals surface area contributed by atoms with Crippen LogP contribution in [0.2, 0.25) is 0 Å². The number of nitrogens with two attached hydrogens (primary N) is 1. The van der Waals surface area contributed by atoms with Gasteiger partial charge in [0.05, 0.1) is 6.26 Å². The summed E-state index contributed by atoms with van der Waals surface area (Å²) in [5.41, 5.74) is 7.85. The summed E-state index contributed by atoms with van der Waals surface area (Å²) in [7, 11) is 0. The maximum Gasteiger partial charge on any atom is 0.222 e. The standard InChI is InChI=1S/C15H21N5O/c16-14-18-11-2-9-21-12(11)13(19-14)20-7-4-15(5-8-20)3-1-6-17-10-15/h2,9,17H,1,3-8,10H2,(H2,16,18,19). The molecule has 0 saturated carbocycles. The van der Waals surface area contributed by atoms with Crippen molar-refractivity contribution in [3.63, 3.8) is 0 Å². The van der Waals surface area contributed by atoms with Crippen LogP contribution < -0.4 is 16.0 Å². The van der Waals surface area contributed by atoms with Gasteiger partial charge in [0.15, 0.2) is 11.4 Å². The van der Waals surface area contributed by atoms with Crippen LogP contribution in [0.15, 0.2) is 16.7 Å². The van der Waals surface area contributed by atoms with Gasteiger partial charge < -0.3 is 20.4 Å². The van der Waals surface area contributed by atoms with E-state index in [0.29, 0.717) is 11.4 Å². The first-order valence-corrected chi connectivity index (χ1v) is 7.72. The lowest BCUT2D eigenvalue weighted by Crippen LogP contribution is -2.48. The third-order valence-corrected chi connectivity index (χ3v) is 4.99. The average Bonchev–Trinajstić information content (AvgIpc) is 2.96. The fourth-order valence-electron chi connectivity index (χ4n) is 3.73. The van der Waals surface area contributed by atoms with Crippen LogP contribution in [0.4, 0.5) is 11.8 Å². The van der Waals surface area contributed by atoms with Crippen molar-refractivity contribution >= 4 is 22.9 Å². The maximum atomic E-state index is 5.83. The molecule has 2 fully saturated rings. The second kappa shape index (κ2) is 4.87. The van der Waals surface area contributed by atoms with E-state index in [4.69, 9.17) is 10.2 Å². The van der Waals surface area contributed by atoms with Crippen LogP contribution >= 0.6 is 0 Å². The van der Waals surface area contributed by atoms with Crippen LogP contribution in [0.3, 0.4) is 0 Å². The molecular formula is C15H21N5O. The minimum Gasteiger partial charge on any atom is -0.459 e. The molecule has 0 atom stereocenters. The number of nitrogens with zero attached hydrogens (tertiary/aromatic N) is 3. The van der Waals surface area contributed by atoms with E-state index in [1.54, 1.807) is 6.26 Å². The molecule has 0 amide bonds. The topological polar surface area (TPSA) is 80.2 Å². The molecule has 2 aliphatic rings. The lowest BCUT2D eigenvalue weighted by atomic mass is 9.73. The third-order valence-electron chi connectivity index (χ3n) is 4.99. The Morgan fingerprint density at radius 2 is 2.10 bits per heavy atom. The molecule has 2 saturated heterocycles. The number of piperidine rings is 2. The molecule has 2 aromatic heterocycles. The molecule has 1 spiro atoms.